The fourth-order valence-electron chi connectivity index (χ4n) is 3.78. The summed E-state index contributed by atoms with van der Waals surface area (Å²) in [6.07, 6.45) is 2.19. The van der Waals surface area contributed by atoms with Crippen molar-refractivity contribution in [2.75, 3.05) is 19.6 Å². The number of hydrogen-bond donors (Lipinski definition) is 1. The van der Waals surface area contributed by atoms with Gasteiger partial charge in [-0.05, 0) is 108 Å². The maximum absolute atomic E-state index is 10.6. The van der Waals surface area contributed by atoms with E-state index in [0.29, 0.717) is 6.54 Å². The van der Waals surface area contributed by atoms with Crippen molar-refractivity contribution in [2.24, 2.45) is 0 Å². The second-order valence-corrected chi connectivity index (χ2v) is 9.09. The molecule has 1 N–H and O–H groups in total. The van der Waals surface area contributed by atoms with Crippen molar-refractivity contribution in [1.82, 2.24) is 9.47 Å². The molecule has 2 heterocycles. The number of fused-ring (bicyclic) bond motifs is 3. The zero-order valence-electron chi connectivity index (χ0n) is 13.4. The molecule has 0 saturated carbocycles. The van der Waals surface area contributed by atoms with Gasteiger partial charge in [0.1, 0.15) is 0 Å². The number of aliphatic hydroxyl groups excluding tert-OH is 1. The molecule has 2 aromatic carbocycles. The lowest BCUT2D eigenvalue weighted by Gasteiger charge is -2.20. The van der Waals surface area contributed by atoms with Crippen LogP contribution in [0.4, 0.5) is 0 Å². The number of nitrogens with zero attached hydrogens (tertiary/aromatic N) is 2. The molecule has 24 heavy (non-hydrogen) atoms. The largest absolute Gasteiger partial charge is 0.390 e. The van der Waals surface area contributed by atoms with E-state index < -0.39 is 0 Å². The van der Waals surface area contributed by atoms with Gasteiger partial charge in [-0.2, -0.15) is 0 Å². The average molecular weight is 546 g/mol. The summed E-state index contributed by atoms with van der Waals surface area (Å²) in [5.74, 6) is 0. The SMILES string of the molecule is O[C@@H](CN1CCCC1)Cn1c2ccc(I)cc2c2cc(I)ccc21. The number of rotatable bonds is 4. The molecule has 1 aliphatic rings. The summed E-state index contributed by atoms with van der Waals surface area (Å²) in [4.78, 5) is 2.38. The highest BCUT2D eigenvalue weighted by Gasteiger charge is 2.18. The highest BCUT2D eigenvalue weighted by Crippen LogP contribution is 2.31. The van der Waals surface area contributed by atoms with Crippen LogP contribution < -0.4 is 0 Å². The third-order valence-corrected chi connectivity index (χ3v) is 6.19. The Balaban J connectivity index is 1.75. The Labute approximate surface area is 169 Å². The fraction of sp³-hybridized carbons (Fsp3) is 0.368. The molecule has 1 atom stereocenters. The molecule has 3 aromatic rings. The van der Waals surface area contributed by atoms with E-state index >= 15 is 0 Å². The monoisotopic (exact) mass is 546 g/mol. The maximum atomic E-state index is 10.6. The first-order chi connectivity index (χ1) is 11.6. The first kappa shape index (κ1) is 17.1. The normalized spacial score (nSPS) is 17.1. The molecule has 5 heteroatoms. The molecule has 3 nitrogen and oxygen atoms in total. The minimum atomic E-state index is -0.333. The zero-order valence-corrected chi connectivity index (χ0v) is 17.7. The van der Waals surface area contributed by atoms with Crippen LogP contribution in [-0.2, 0) is 6.54 Å². The Bertz CT molecular complexity index is 825. The number of likely N-dealkylation sites (tertiary alicyclic amines) is 1. The van der Waals surface area contributed by atoms with Crippen LogP contribution in [0.15, 0.2) is 36.4 Å². The number of β-amino-alcohol motifs (C(OH)–C–C–N with tert-alkyl or cyclic N) is 1. The van der Waals surface area contributed by atoms with Crippen molar-refractivity contribution in [3.8, 4) is 0 Å². The molecule has 0 aliphatic carbocycles. The number of halogens is 2. The van der Waals surface area contributed by atoms with E-state index in [1.165, 1.54) is 41.8 Å². The fourth-order valence-corrected chi connectivity index (χ4v) is 4.76. The molecule has 1 saturated heterocycles. The van der Waals surface area contributed by atoms with Crippen LogP contribution in [0, 0.1) is 7.14 Å². The zero-order chi connectivity index (χ0) is 16.7. The molecule has 126 valence electrons. The summed E-state index contributed by atoms with van der Waals surface area (Å²) in [5.41, 5.74) is 2.43. The molecule has 1 aromatic heterocycles. The standard InChI is InChI=1S/C19H20I2N2O/c20-13-3-5-18-16(9-13)17-10-14(21)4-6-19(17)23(18)12-15(24)11-22-7-1-2-8-22/h3-6,9-10,15,24H,1-2,7-8,11-12H2/t15-/m0/s1. The van der Waals surface area contributed by atoms with E-state index in [0.717, 1.165) is 19.6 Å². The van der Waals surface area contributed by atoms with Gasteiger partial charge in [0.25, 0.3) is 0 Å². The summed E-state index contributed by atoms with van der Waals surface area (Å²) in [5, 5.41) is 13.2. The topological polar surface area (TPSA) is 28.4 Å². The van der Waals surface area contributed by atoms with E-state index in [2.05, 4.69) is 91.0 Å². The Hall–Kier alpha value is -0.380. The van der Waals surface area contributed by atoms with Crippen molar-refractivity contribution >= 4 is 67.0 Å². The minimum Gasteiger partial charge on any atom is -0.390 e. The van der Waals surface area contributed by atoms with Gasteiger partial charge in [0.05, 0.1) is 12.6 Å². The molecule has 0 unspecified atom stereocenters. The van der Waals surface area contributed by atoms with Crippen molar-refractivity contribution in [3.63, 3.8) is 0 Å². The summed E-state index contributed by atoms with van der Waals surface area (Å²) >= 11 is 4.74. The van der Waals surface area contributed by atoms with E-state index in [1.54, 1.807) is 0 Å². The Morgan fingerprint density at radius 3 is 1.96 bits per heavy atom. The third kappa shape index (κ3) is 3.32. The second kappa shape index (κ2) is 7.09. The third-order valence-electron chi connectivity index (χ3n) is 4.85. The van der Waals surface area contributed by atoms with Crippen LogP contribution in [0.1, 0.15) is 12.8 Å². The highest BCUT2D eigenvalue weighted by molar-refractivity contribution is 14.1. The van der Waals surface area contributed by atoms with Gasteiger partial charge in [0.2, 0.25) is 0 Å². The lowest BCUT2D eigenvalue weighted by Crippen LogP contribution is -2.32. The summed E-state index contributed by atoms with van der Waals surface area (Å²) in [6, 6.07) is 13.2. The van der Waals surface area contributed by atoms with E-state index in [4.69, 9.17) is 0 Å². The predicted octanol–water partition coefficient (Wildman–Crippen LogP) is 4.46. The van der Waals surface area contributed by atoms with Gasteiger partial charge in [0.15, 0.2) is 0 Å². The van der Waals surface area contributed by atoms with Gasteiger partial charge >= 0.3 is 0 Å². The molecule has 1 fully saturated rings. The van der Waals surface area contributed by atoms with E-state index in [1.807, 2.05) is 0 Å². The van der Waals surface area contributed by atoms with Gasteiger partial charge in [-0.25, -0.2) is 0 Å². The maximum Gasteiger partial charge on any atom is 0.0845 e. The van der Waals surface area contributed by atoms with Crippen LogP contribution in [0.25, 0.3) is 21.8 Å². The van der Waals surface area contributed by atoms with E-state index in [9.17, 15) is 5.11 Å². The lowest BCUT2D eigenvalue weighted by molar-refractivity contribution is 0.111. The molecule has 0 amide bonds. The van der Waals surface area contributed by atoms with Crippen LogP contribution >= 0.6 is 45.2 Å². The van der Waals surface area contributed by atoms with Gasteiger partial charge in [-0.3, -0.25) is 0 Å². The Morgan fingerprint density at radius 1 is 0.875 bits per heavy atom. The summed E-state index contributed by atoms with van der Waals surface area (Å²) in [7, 11) is 0. The second-order valence-electron chi connectivity index (χ2n) is 6.60. The van der Waals surface area contributed by atoms with Crippen molar-refractivity contribution in [3.05, 3.63) is 43.5 Å². The molecule has 0 radical (unpaired) electrons. The smallest absolute Gasteiger partial charge is 0.0845 e. The Kier molecular flexibility index (Phi) is 5.04. The Morgan fingerprint density at radius 2 is 1.42 bits per heavy atom. The quantitative estimate of drug-likeness (QED) is 0.490. The molecule has 4 rings (SSSR count). The average Bonchev–Trinajstić information content (AvgIpc) is 3.15. The molecular formula is C19H20I2N2O. The summed E-state index contributed by atoms with van der Waals surface area (Å²) < 4.78 is 4.78. The first-order valence-electron chi connectivity index (χ1n) is 8.39. The molecule has 1 aliphatic heterocycles. The highest BCUT2D eigenvalue weighted by atomic mass is 127. The molecular weight excluding hydrogens is 526 g/mol. The van der Waals surface area contributed by atoms with Crippen molar-refractivity contribution in [1.29, 1.82) is 0 Å². The van der Waals surface area contributed by atoms with Crippen LogP contribution in [0.3, 0.4) is 0 Å². The van der Waals surface area contributed by atoms with Crippen LogP contribution in [0.5, 0.6) is 0 Å². The lowest BCUT2D eigenvalue weighted by atomic mass is 10.2. The molecule has 0 bridgehead atoms. The van der Waals surface area contributed by atoms with Gasteiger partial charge in [-0.1, -0.05) is 0 Å². The minimum absolute atomic E-state index is 0.333. The van der Waals surface area contributed by atoms with Gasteiger partial charge < -0.3 is 14.6 Å². The summed E-state index contributed by atoms with van der Waals surface area (Å²) in [6.45, 7) is 3.68. The molecule has 0 spiro atoms. The number of benzene rings is 2. The van der Waals surface area contributed by atoms with Gasteiger partial charge in [0, 0.05) is 35.5 Å². The van der Waals surface area contributed by atoms with Crippen LogP contribution in [-0.4, -0.2) is 40.3 Å². The van der Waals surface area contributed by atoms with Crippen LogP contribution in [0.2, 0.25) is 0 Å². The van der Waals surface area contributed by atoms with Crippen molar-refractivity contribution in [2.45, 2.75) is 25.5 Å². The van der Waals surface area contributed by atoms with Gasteiger partial charge in [-0.15, -0.1) is 0 Å². The van der Waals surface area contributed by atoms with E-state index in [-0.39, 0.29) is 6.10 Å². The number of hydrogen-bond acceptors (Lipinski definition) is 2. The number of aliphatic hydroxyl groups is 1. The number of aromatic nitrogens is 1. The van der Waals surface area contributed by atoms with Crippen molar-refractivity contribution < 1.29 is 5.11 Å². The first-order valence-corrected chi connectivity index (χ1v) is 10.5. The predicted molar refractivity (Wildman–Crippen MR) is 117 cm³/mol.